The second-order valence-corrected chi connectivity index (χ2v) is 11.3. The van der Waals surface area contributed by atoms with Crippen LogP contribution in [0.5, 0.6) is 5.75 Å². The number of nitrogens with one attached hydrogen (secondary N) is 2. The van der Waals surface area contributed by atoms with Gasteiger partial charge in [-0.1, -0.05) is 23.7 Å². The summed E-state index contributed by atoms with van der Waals surface area (Å²) in [5.41, 5.74) is 4.04. The zero-order valence-corrected chi connectivity index (χ0v) is 21.8. The van der Waals surface area contributed by atoms with Crippen LogP contribution in [0, 0.1) is 13.8 Å². The van der Waals surface area contributed by atoms with Crippen molar-refractivity contribution in [3.05, 3.63) is 75.5 Å². The van der Waals surface area contributed by atoms with Crippen molar-refractivity contribution < 1.29 is 9.53 Å². The van der Waals surface area contributed by atoms with Gasteiger partial charge in [-0.25, -0.2) is 4.98 Å². The van der Waals surface area contributed by atoms with Gasteiger partial charge in [0, 0.05) is 23.2 Å². The predicted molar refractivity (Wildman–Crippen MR) is 144 cm³/mol. The Bertz CT molecular complexity index is 1480. The van der Waals surface area contributed by atoms with Crippen molar-refractivity contribution in [3.8, 4) is 16.2 Å². The Hall–Kier alpha value is -3.00. The van der Waals surface area contributed by atoms with Crippen LogP contribution in [-0.2, 0) is 5.54 Å². The quantitative estimate of drug-likeness (QED) is 0.324. The van der Waals surface area contributed by atoms with Gasteiger partial charge in [-0.2, -0.15) is 0 Å². The van der Waals surface area contributed by atoms with Gasteiger partial charge >= 0.3 is 0 Å². The summed E-state index contributed by atoms with van der Waals surface area (Å²) in [6.45, 7) is 5.56. The lowest BCUT2D eigenvalue weighted by Gasteiger charge is -2.27. The summed E-state index contributed by atoms with van der Waals surface area (Å²) < 4.78 is 5.95. The molecule has 1 atom stereocenters. The van der Waals surface area contributed by atoms with Gasteiger partial charge in [-0.05, 0) is 86.7 Å². The number of hydrogen-bond donors (Lipinski definition) is 2. The summed E-state index contributed by atoms with van der Waals surface area (Å²) >= 11 is 8.03. The Morgan fingerprint density at radius 3 is 2.78 bits per heavy atom. The Labute approximate surface area is 219 Å². The van der Waals surface area contributed by atoms with Crippen LogP contribution in [0.1, 0.15) is 45.8 Å². The van der Waals surface area contributed by atoms with E-state index in [0.29, 0.717) is 23.4 Å². The Morgan fingerprint density at radius 1 is 1.25 bits per heavy atom. The highest BCUT2D eigenvalue weighted by atomic mass is 35.5. The first-order chi connectivity index (χ1) is 17.4. The maximum atomic E-state index is 13.6. The fourth-order valence-corrected chi connectivity index (χ4v) is 5.98. The number of rotatable bonds is 7. The molecular formula is C28H27ClN4O2S. The van der Waals surface area contributed by atoms with Crippen LogP contribution >= 0.6 is 22.9 Å². The van der Waals surface area contributed by atoms with E-state index in [4.69, 9.17) is 16.3 Å². The van der Waals surface area contributed by atoms with E-state index in [2.05, 4.69) is 38.8 Å². The molecule has 2 N–H and O–H groups in total. The van der Waals surface area contributed by atoms with E-state index >= 15 is 0 Å². The van der Waals surface area contributed by atoms with Crippen molar-refractivity contribution in [2.45, 2.75) is 44.7 Å². The molecule has 8 heteroatoms. The molecule has 1 aliphatic heterocycles. The fraction of sp³-hybridized carbons (Fsp3) is 0.321. The average molecular weight is 519 g/mol. The first kappa shape index (κ1) is 23.4. The Kier molecular flexibility index (Phi) is 5.94. The third-order valence-electron chi connectivity index (χ3n) is 7.12. The van der Waals surface area contributed by atoms with E-state index in [0.717, 1.165) is 69.0 Å². The number of amides is 1. The van der Waals surface area contributed by atoms with Gasteiger partial charge < -0.3 is 15.4 Å². The van der Waals surface area contributed by atoms with Gasteiger partial charge in [0.1, 0.15) is 17.5 Å². The Morgan fingerprint density at radius 2 is 2.08 bits per heavy atom. The largest absolute Gasteiger partial charge is 0.492 e. The van der Waals surface area contributed by atoms with Crippen molar-refractivity contribution >= 4 is 39.7 Å². The summed E-state index contributed by atoms with van der Waals surface area (Å²) in [5, 5.41) is 9.15. The summed E-state index contributed by atoms with van der Waals surface area (Å²) in [6.07, 6.45) is 4.64. The lowest BCUT2D eigenvalue weighted by molar-refractivity contribution is 0.0930. The molecular weight excluding hydrogens is 492 g/mol. The number of nitrogens with zero attached hydrogens (tertiary/aromatic N) is 2. The van der Waals surface area contributed by atoms with E-state index in [1.54, 1.807) is 17.5 Å². The number of carbonyl (C=O) groups excluding carboxylic acids is 1. The average Bonchev–Trinajstić information content (AvgIpc) is 3.53. The number of benzene rings is 2. The maximum absolute atomic E-state index is 13.6. The molecule has 0 radical (unpaired) electrons. The monoisotopic (exact) mass is 518 g/mol. The van der Waals surface area contributed by atoms with Gasteiger partial charge in [-0.3, -0.25) is 9.78 Å². The lowest BCUT2D eigenvalue weighted by atomic mass is 9.95. The second-order valence-electron chi connectivity index (χ2n) is 9.71. The lowest BCUT2D eigenvalue weighted by Crippen LogP contribution is -2.46. The molecule has 2 aromatic carbocycles. The molecule has 2 aliphatic rings. The van der Waals surface area contributed by atoms with Crippen molar-refractivity contribution in [3.63, 3.8) is 0 Å². The van der Waals surface area contributed by atoms with Crippen LogP contribution in [0.15, 0.2) is 48.7 Å². The predicted octanol–water partition coefficient (Wildman–Crippen LogP) is 5.79. The van der Waals surface area contributed by atoms with E-state index in [9.17, 15) is 4.79 Å². The second kappa shape index (κ2) is 9.14. The molecule has 1 amide bonds. The summed E-state index contributed by atoms with van der Waals surface area (Å²) in [7, 11) is 0. The standard InChI is InChI=1S/C28H27ClN4O2S/c1-16-5-6-20(35-15-19-7-11-30-19)14-22(16)27(34)33-28(8-9-28)23-12-18(25-26(29)32-17(2)36-25)13-24-21(23)4-3-10-31-24/h3-6,10,12-14,19,30H,7-9,11,15H2,1-2H3,(H,33,34). The highest BCUT2D eigenvalue weighted by Crippen LogP contribution is 2.50. The fourth-order valence-electron chi connectivity index (χ4n) is 4.78. The minimum absolute atomic E-state index is 0.0914. The number of carbonyl (C=O) groups is 1. The SMILES string of the molecule is Cc1nc(Cl)c(-c2cc(C3(NC(=O)c4cc(OCC5CCN5)ccc4C)CC3)c3cccnc3c2)s1. The molecule has 1 saturated heterocycles. The summed E-state index contributed by atoms with van der Waals surface area (Å²) in [5.74, 6) is 0.627. The zero-order chi connectivity index (χ0) is 24.9. The molecule has 36 heavy (non-hydrogen) atoms. The number of aryl methyl sites for hydroxylation is 2. The van der Waals surface area contributed by atoms with Crippen LogP contribution in [-0.4, -0.2) is 35.1 Å². The maximum Gasteiger partial charge on any atom is 0.252 e. The zero-order valence-electron chi connectivity index (χ0n) is 20.2. The van der Waals surface area contributed by atoms with Crippen LogP contribution in [0.25, 0.3) is 21.3 Å². The molecule has 1 aliphatic carbocycles. The van der Waals surface area contributed by atoms with Crippen molar-refractivity contribution in [1.82, 2.24) is 20.6 Å². The minimum atomic E-state index is -0.445. The number of ether oxygens (including phenoxy) is 1. The van der Waals surface area contributed by atoms with Gasteiger partial charge in [0.25, 0.3) is 5.91 Å². The molecule has 2 fully saturated rings. The normalized spacial score (nSPS) is 18.0. The first-order valence-corrected chi connectivity index (χ1v) is 13.4. The highest BCUT2D eigenvalue weighted by molar-refractivity contribution is 7.15. The van der Waals surface area contributed by atoms with Gasteiger partial charge in [-0.15, -0.1) is 11.3 Å². The van der Waals surface area contributed by atoms with Gasteiger partial charge in [0.05, 0.1) is 20.9 Å². The van der Waals surface area contributed by atoms with Crippen LogP contribution < -0.4 is 15.4 Å². The van der Waals surface area contributed by atoms with Gasteiger partial charge in [0.15, 0.2) is 0 Å². The molecule has 184 valence electrons. The molecule has 1 saturated carbocycles. The van der Waals surface area contributed by atoms with E-state index < -0.39 is 5.54 Å². The van der Waals surface area contributed by atoms with Crippen molar-refractivity contribution in [2.24, 2.45) is 0 Å². The highest BCUT2D eigenvalue weighted by Gasteiger charge is 2.47. The molecule has 0 spiro atoms. The van der Waals surface area contributed by atoms with Crippen LogP contribution in [0.3, 0.4) is 0 Å². The summed E-state index contributed by atoms with van der Waals surface area (Å²) in [6, 6.07) is 14.3. The number of pyridine rings is 1. The topological polar surface area (TPSA) is 76.1 Å². The van der Waals surface area contributed by atoms with E-state index in [-0.39, 0.29) is 5.91 Å². The molecule has 1 unspecified atom stereocenters. The minimum Gasteiger partial charge on any atom is -0.492 e. The number of halogens is 1. The van der Waals surface area contributed by atoms with E-state index in [1.807, 2.05) is 38.1 Å². The van der Waals surface area contributed by atoms with Crippen molar-refractivity contribution in [2.75, 3.05) is 13.2 Å². The number of fused-ring (bicyclic) bond motifs is 1. The molecule has 4 aromatic rings. The van der Waals surface area contributed by atoms with Crippen LogP contribution in [0.4, 0.5) is 0 Å². The molecule has 3 heterocycles. The summed E-state index contributed by atoms with van der Waals surface area (Å²) in [4.78, 5) is 23.5. The first-order valence-electron chi connectivity index (χ1n) is 12.2. The molecule has 0 bridgehead atoms. The molecule has 2 aromatic heterocycles. The number of aromatic nitrogens is 2. The number of thiazole rings is 1. The molecule has 6 nitrogen and oxygen atoms in total. The number of hydrogen-bond acceptors (Lipinski definition) is 6. The smallest absolute Gasteiger partial charge is 0.252 e. The Balaban J connectivity index is 1.33. The van der Waals surface area contributed by atoms with Crippen molar-refractivity contribution in [1.29, 1.82) is 0 Å². The van der Waals surface area contributed by atoms with Crippen LogP contribution in [0.2, 0.25) is 5.15 Å². The van der Waals surface area contributed by atoms with Gasteiger partial charge in [0.2, 0.25) is 0 Å². The third kappa shape index (κ3) is 4.36. The molecule has 6 rings (SSSR count). The third-order valence-corrected chi connectivity index (χ3v) is 8.53. The van der Waals surface area contributed by atoms with E-state index in [1.165, 1.54) is 0 Å².